The van der Waals surface area contributed by atoms with Crippen LogP contribution in [-0.2, 0) is 0 Å². The Balaban J connectivity index is 1.76. The second kappa shape index (κ2) is 6.58. The van der Waals surface area contributed by atoms with E-state index >= 15 is 0 Å². The van der Waals surface area contributed by atoms with Crippen molar-refractivity contribution in [3.05, 3.63) is 59.2 Å². The maximum Gasteiger partial charge on any atom is 0.276 e. The molecule has 0 radical (unpaired) electrons. The molecule has 0 unspecified atom stereocenters. The number of hydrogen-bond donors (Lipinski definition) is 1. The smallest absolute Gasteiger partial charge is 0.276 e. The van der Waals surface area contributed by atoms with Crippen LogP contribution in [0.25, 0.3) is 10.6 Å². The molecule has 1 amide bonds. The third-order valence-electron chi connectivity index (χ3n) is 3.23. The number of methoxy groups -OCH3 is 1. The highest BCUT2D eigenvalue weighted by atomic mass is 32.1. The first kappa shape index (κ1) is 15.2. The van der Waals surface area contributed by atoms with E-state index in [0.717, 1.165) is 21.9 Å². The van der Waals surface area contributed by atoms with E-state index in [1.807, 2.05) is 43.3 Å². The topological polar surface area (TPSA) is 64.1 Å². The van der Waals surface area contributed by atoms with Gasteiger partial charge in [0.25, 0.3) is 5.91 Å². The lowest BCUT2D eigenvalue weighted by Gasteiger charge is -2.02. The highest BCUT2D eigenvalue weighted by Crippen LogP contribution is 2.26. The average Bonchev–Trinajstić information content (AvgIpc) is 3.05. The molecule has 0 bridgehead atoms. The number of ether oxygens (including phenoxy) is 1. The van der Waals surface area contributed by atoms with E-state index in [2.05, 4.69) is 15.3 Å². The van der Waals surface area contributed by atoms with Crippen molar-refractivity contribution in [1.82, 2.24) is 9.97 Å². The molecule has 0 atom stereocenters. The van der Waals surface area contributed by atoms with E-state index in [0.29, 0.717) is 11.5 Å². The van der Waals surface area contributed by atoms with E-state index in [9.17, 15) is 4.79 Å². The largest absolute Gasteiger partial charge is 0.497 e. The number of pyridine rings is 1. The molecule has 3 aromatic rings. The monoisotopic (exact) mass is 325 g/mol. The number of carbonyl (C=O) groups is 1. The lowest BCUT2D eigenvalue weighted by atomic mass is 10.2. The highest BCUT2D eigenvalue weighted by molar-refractivity contribution is 7.13. The molecule has 0 saturated heterocycles. The van der Waals surface area contributed by atoms with Crippen LogP contribution < -0.4 is 10.1 Å². The van der Waals surface area contributed by atoms with Gasteiger partial charge in [-0.1, -0.05) is 0 Å². The van der Waals surface area contributed by atoms with Crippen molar-refractivity contribution in [2.45, 2.75) is 6.92 Å². The average molecular weight is 325 g/mol. The van der Waals surface area contributed by atoms with Gasteiger partial charge in [0.1, 0.15) is 22.3 Å². The van der Waals surface area contributed by atoms with Gasteiger partial charge < -0.3 is 10.1 Å². The van der Waals surface area contributed by atoms with Gasteiger partial charge in [-0.25, -0.2) is 9.97 Å². The second-order valence-corrected chi connectivity index (χ2v) is 5.80. The Kier molecular flexibility index (Phi) is 4.34. The number of nitrogens with zero attached hydrogens (tertiary/aromatic N) is 2. The van der Waals surface area contributed by atoms with Crippen molar-refractivity contribution >= 4 is 23.1 Å². The summed E-state index contributed by atoms with van der Waals surface area (Å²) >= 11 is 1.42. The van der Waals surface area contributed by atoms with Crippen LogP contribution >= 0.6 is 11.3 Å². The Morgan fingerprint density at radius 2 is 2.00 bits per heavy atom. The number of rotatable bonds is 4. The predicted octanol–water partition coefficient (Wildman–Crippen LogP) is 3.77. The van der Waals surface area contributed by atoms with Crippen molar-refractivity contribution in [2.24, 2.45) is 0 Å². The van der Waals surface area contributed by atoms with Crippen molar-refractivity contribution < 1.29 is 9.53 Å². The van der Waals surface area contributed by atoms with Crippen molar-refractivity contribution in [3.63, 3.8) is 0 Å². The number of nitrogens with one attached hydrogen (secondary N) is 1. The molecule has 1 N–H and O–H groups in total. The van der Waals surface area contributed by atoms with E-state index in [4.69, 9.17) is 4.74 Å². The van der Waals surface area contributed by atoms with Gasteiger partial charge in [-0.05, 0) is 48.9 Å². The summed E-state index contributed by atoms with van der Waals surface area (Å²) in [5.74, 6) is 1.04. The minimum absolute atomic E-state index is 0.265. The van der Waals surface area contributed by atoms with Crippen LogP contribution in [0.3, 0.4) is 0 Å². The zero-order chi connectivity index (χ0) is 16.2. The number of carbonyl (C=O) groups excluding carboxylic acids is 1. The lowest BCUT2D eigenvalue weighted by Crippen LogP contribution is -2.13. The first-order valence-corrected chi connectivity index (χ1v) is 7.87. The molecular formula is C17H15N3O2S. The zero-order valence-electron chi connectivity index (χ0n) is 12.7. The van der Waals surface area contributed by atoms with E-state index < -0.39 is 0 Å². The molecule has 1 aromatic carbocycles. The summed E-state index contributed by atoms with van der Waals surface area (Å²) in [5, 5.41) is 5.28. The molecular weight excluding hydrogens is 310 g/mol. The van der Waals surface area contributed by atoms with Gasteiger partial charge in [-0.2, -0.15) is 0 Å². The molecule has 23 heavy (non-hydrogen) atoms. The summed E-state index contributed by atoms with van der Waals surface area (Å²) in [6.45, 7) is 1.95. The summed E-state index contributed by atoms with van der Waals surface area (Å²) < 4.78 is 5.14. The summed E-state index contributed by atoms with van der Waals surface area (Å²) in [4.78, 5) is 20.8. The maximum absolute atomic E-state index is 12.2. The molecule has 0 aliphatic carbocycles. The molecule has 0 aliphatic rings. The fraction of sp³-hybridized carbons (Fsp3) is 0.118. The Morgan fingerprint density at radius 3 is 2.70 bits per heavy atom. The molecule has 3 rings (SSSR count). The molecule has 6 heteroatoms. The summed E-state index contributed by atoms with van der Waals surface area (Å²) in [6.07, 6.45) is 1.66. The van der Waals surface area contributed by atoms with Crippen LogP contribution in [0.4, 0.5) is 5.82 Å². The quantitative estimate of drug-likeness (QED) is 0.793. The second-order valence-electron chi connectivity index (χ2n) is 4.94. The number of thiazole rings is 1. The standard InChI is InChI=1S/C17H15N3O2S/c1-11-7-8-18-15(9-11)20-16(21)14-10-23-17(19-14)12-3-5-13(22-2)6-4-12/h3-10H,1-2H3,(H,18,20,21). The molecule has 0 fully saturated rings. The minimum Gasteiger partial charge on any atom is -0.497 e. The van der Waals surface area contributed by atoms with Gasteiger partial charge in [0.05, 0.1) is 7.11 Å². The van der Waals surface area contributed by atoms with Gasteiger partial charge in [-0.3, -0.25) is 4.79 Å². The van der Waals surface area contributed by atoms with Crippen LogP contribution in [0.15, 0.2) is 48.0 Å². The highest BCUT2D eigenvalue weighted by Gasteiger charge is 2.12. The molecule has 5 nitrogen and oxygen atoms in total. The molecule has 0 saturated carbocycles. The first-order chi connectivity index (χ1) is 11.2. The van der Waals surface area contributed by atoms with Gasteiger partial charge in [0, 0.05) is 17.1 Å². The molecule has 116 valence electrons. The SMILES string of the molecule is COc1ccc(-c2nc(C(=O)Nc3cc(C)ccn3)cs2)cc1. The fourth-order valence-electron chi connectivity index (χ4n) is 2.03. The maximum atomic E-state index is 12.2. The van der Waals surface area contributed by atoms with Crippen molar-refractivity contribution in [2.75, 3.05) is 12.4 Å². The molecule has 2 heterocycles. The molecule has 2 aromatic heterocycles. The number of hydrogen-bond acceptors (Lipinski definition) is 5. The van der Waals surface area contributed by atoms with Crippen LogP contribution in [0, 0.1) is 6.92 Å². The minimum atomic E-state index is -0.265. The number of amides is 1. The number of aromatic nitrogens is 2. The third-order valence-corrected chi connectivity index (χ3v) is 4.12. The van der Waals surface area contributed by atoms with Crippen LogP contribution in [-0.4, -0.2) is 23.0 Å². The third kappa shape index (κ3) is 3.54. The number of anilines is 1. The summed E-state index contributed by atoms with van der Waals surface area (Å²) in [7, 11) is 1.63. The van der Waals surface area contributed by atoms with Crippen LogP contribution in [0.2, 0.25) is 0 Å². The zero-order valence-corrected chi connectivity index (χ0v) is 13.6. The lowest BCUT2D eigenvalue weighted by molar-refractivity contribution is 0.102. The molecule has 0 aliphatic heterocycles. The number of aryl methyl sites for hydroxylation is 1. The van der Waals surface area contributed by atoms with Crippen molar-refractivity contribution in [1.29, 1.82) is 0 Å². The normalized spacial score (nSPS) is 10.3. The Hall–Kier alpha value is -2.73. The van der Waals surface area contributed by atoms with Gasteiger partial charge in [0.15, 0.2) is 0 Å². The summed E-state index contributed by atoms with van der Waals surface area (Å²) in [5.41, 5.74) is 2.36. The first-order valence-electron chi connectivity index (χ1n) is 6.99. The van der Waals surface area contributed by atoms with Gasteiger partial charge in [-0.15, -0.1) is 11.3 Å². The van der Waals surface area contributed by atoms with E-state index in [1.165, 1.54) is 11.3 Å². The predicted molar refractivity (Wildman–Crippen MR) is 91.0 cm³/mol. The van der Waals surface area contributed by atoms with E-state index in [1.54, 1.807) is 18.7 Å². The number of benzene rings is 1. The Bertz CT molecular complexity index is 828. The van der Waals surface area contributed by atoms with Crippen LogP contribution in [0.5, 0.6) is 5.75 Å². The van der Waals surface area contributed by atoms with E-state index in [-0.39, 0.29) is 5.91 Å². The van der Waals surface area contributed by atoms with Gasteiger partial charge in [0.2, 0.25) is 0 Å². The Morgan fingerprint density at radius 1 is 1.22 bits per heavy atom. The fourth-order valence-corrected chi connectivity index (χ4v) is 2.84. The summed E-state index contributed by atoms with van der Waals surface area (Å²) in [6, 6.07) is 11.3. The molecule has 0 spiro atoms. The van der Waals surface area contributed by atoms with Gasteiger partial charge >= 0.3 is 0 Å². The van der Waals surface area contributed by atoms with Crippen molar-refractivity contribution in [3.8, 4) is 16.3 Å². The Labute approximate surface area is 138 Å². The van der Waals surface area contributed by atoms with Crippen LogP contribution in [0.1, 0.15) is 16.1 Å².